The number of amidine groups is 1. The summed E-state index contributed by atoms with van der Waals surface area (Å²) in [6.45, 7) is 7.82. The van der Waals surface area contributed by atoms with E-state index in [0.717, 1.165) is 38.1 Å². The van der Waals surface area contributed by atoms with Crippen molar-refractivity contribution >= 4 is 11.7 Å². The largest absolute Gasteiger partial charge is 0.324 e. The number of carbonyl (C=O) groups excluding carboxylic acids is 1. The molecule has 0 saturated carbocycles. The molecule has 1 amide bonds. The van der Waals surface area contributed by atoms with Crippen molar-refractivity contribution in [2.75, 3.05) is 6.54 Å². The molecule has 1 atom stereocenters. The Kier molecular flexibility index (Phi) is 32.4. The molecule has 0 N–H and O–H groups in total. The van der Waals surface area contributed by atoms with E-state index in [0.29, 0.717) is 10.4 Å². The zero-order valence-corrected chi connectivity index (χ0v) is 33.3. The Balaban J connectivity index is 2.38. The van der Waals surface area contributed by atoms with Crippen LogP contribution in [0.2, 0.25) is 0 Å². The van der Waals surface area contributed by atoms with E-state index in [1.165, 1.54) is 212 Å². The molecule has 48 heavy (non-hydrogen) atoms. The van der Waals surface area contributed by atoms with Gasteiger partial charge in [0.05, 0.1) is 19.2 Å². The van der Waals surface area contributed by atoms with Gasteiger partial charge in [0.25, 0.3) is 0 Å². The van der Waals surface area contributed by atoms with Gasteiger partial charge in [0.2, 0.25) is 5.84 Å². The maximum absolute atomic E-state index is 13.9. The molecule has 0 saturated heterocycles. The summed E-state index contributed by atoms with van der Waals surface area (Å²) in [6, 6.07) is 0. The quantitative estimate of drug-likeness (QED) is 0.0474. The highest BCUT2D eigenvalue weighted by Crippen LogP contribution is 2.26. The van der Waals surface area contributed by atoms with Crippen LogP contribution in [0.5, 0.6) is 0 Å². The fourth-order valence-corrected chi connectivity index (χ4v) is 7.71. The summed E-state index contributed by atoms with van der Waals surface area (Å²) in [6.07, 6.45) is 53.2. The zero-order valence-electron chi connectivity index (χ0n) is 33.3. The number of quaternary nitrogens is 1. The summed E-state index contributed by atoms with van der Waals surface area (Å²) < 4.78 is 0.452. The number of unbranched alkanes of at least 4 members (excludes halogenated alkanes) is 32. The summed E-state index contributed by atoms with van der Waals surface area (Å²) >= 11 is 0. The van der Waals surface area contributed by atoms with Crippen LogP contribution in [-0.4, -0.2) is 22.8 Å². The summed E-state index contributed by atoms with van der Waals surface area (Å²) in [5, 5.41) is 0. The van der Waals surface area contributed by atoms with Crippen LogP contribution in [0.25, 0.3) is 0 Å². The minimum atomic E-state index is 0.417. The lowest BCUT2D eigenvalue weighted by Gasteiger charge is -2.30. The average molecular weight is 672 g/mol. The Hall–Kier alpha value is -0.960. The van der Waals surface area contributed by atoms with E-state index < -0.39 is 0 Å². The first-order valence-corrected chi connectivity index (χ1v) is 22.4. The van der Waals surface area contributed by atoms with Crippen molar-refractivity contribution in [2.45, 2.75) is 258 Å². The number of carbonyl (C=O) groups is 1. The van der Waals surface area contributed by atoms with Crippen LogP contribution in [0, 0.1) is 0 Å². The molecule has 0 fully saturated rings. The molecule has 0 spiro atoms. The SMILES string of the molecule is CCCCCCCCCCCCCCCC[N+]1(C(=O)CCCCCCCCCCCCC)C=CN=C1CCCCCCCCCCCC. The van der Waals surface area contributed by atoms with Gasteiger partial charge in [-0.05, 0) is 25.7 Å². The summed E-state index contributed by atoms with van der Waals surface area (Å²) in [5.41, 5.74) is 0. The molecule has 0 bridgehead atoms. The topological polar surface area (TPSA) is 29.4 Å². The van der Waals surface area contributed by atoms with E-state index in [1.54, 1.807) is 0 Å². The highest BCUT2D eigenvalue weighted by atomic mass is 16.2. The zero-order chi connectivity index (χ0) is 34.6. The fraction of sp³-hybridized carbons (Fsp3) is 0.911. The third-order valence-electron chi connectivity index (χ3n) is 11.1. The number of amides is 1. The van der Waals surface area contributed by atoms with Crippen LogP contribution in [-0.2, 0) is 4.79 Å². The maximum atomic E-state index is 13.9. The Labute approximate surface area is 302 Å². The second-order valence-corrected chi connectivity index (χ2v) is 15.6. The molecule has 3 heteroatoms. The van der Waals surface area contributed by atoms with Crippen LogP contribution in [0.3, 0.4) is 0 Å². The molecule has 0 radical (unpaired) electrons. The molecular weight excluding hydrogens is 585 g/mol. The van der Waals surface area contributed by atoms with Crippen LogP contribution in [0.4, 0.5) is 0 Å². The summed E-state index contributed by atoms with van der Waals surface area (Å²) in [5.74, 6) is 1.57. The number of hydrogen-bond donors (Lipinski definition) is 0. The number of hydrogen-bond acceptors (Lipinski definition) is 2. The first-order valence-electron chi connectivity index (χ1n) is 22.4. The minimum Gasteiger partial charge on any atom is -0.230 e. The van der Waals surface area contributed by atoms with Gasteiger partial charge in [-0.25, -0.2) is 9.79 Å². The van der Waals surface area contributed by atoms with Crippen LogP contribution in [0.1, 0.15) is 258 Å². The predicted octanol–water partition coefficient (Wildman–Crippen LogP) is 15.7. The van der Waals surface area contributed by atoms with Gasteiger partial charge in [-0.2, -0.15) is 4.48 Å². The van der Waals surface area contributed by atoms with Crippen molar-refractivity contribution in [3.8, 4) is 0 Å². The van der Waals surface area contributed by atoms with E-state index in [1.807, 2.05) is 6.20 Å². The number of rotatable bonds is 38. The fourth-order valence-electron chi connectivity index (χ4n) is 7.71. The third kappa shape index (κ3) is 24.2. The molecule has 3 nitrogen and oxygen atoms in total. The van der Waals surface area contributed by atoms with E-state index in [-0.39, 0.29) is 0 Å². The lowest BCUT2D eigenvalue weighted by atomic mass is 10.0. The van der Waals surface area contributed by atoms with E-state index in [4.69, 9.17) is 4.99 Å². The van der Waals surface area contributed by atoms with Crippen LogP contribution in [0.15, 0.2) is 17.4 Å². The lowest BCUT2D eigenvalue weighted by Crippen LogP contribution is -2.52. The van der Waals surface area contributed by atoms with Crippen molar-refractivity contribution < 1.29 is 9.28 Å². The average Bonchev–Trinajstić information content (AvgIpc) is 3.51. The van der Waals surface area contributed by atoms with Gasteiger partial charge < -0.3 is 0 Å². The Morgan fingerprint density at radius 3 is 1.12 bits per heavy atom. The third-order valence-corrected chi connectivity index (χ3v) is 11.1. The smallest absolute Gasteiger partial charge is 0.230 e. The van der Waals surface area contributed by atoms with Gasteiger partial charge in [0, 0.05) is 6.42 Å². The molecule has 1 rings (SSSR count). The molecule has 0 aliphatic carbocycles. The van der Waals surface area contributed by atoms with Gasteiger partial charge in [0.1, 0.15) is 6.20 Å². The van der Waals surface area contributed by atoms with Crippen molar-refractivity contribution in [1.82, 2.24) is 0 Å². The molecular formula is C45H87N2O+. The van der Waals surface area contributed by atoms with Gasteiger partial charge in [0.15, 0.2) is 0 Å². The summed E-state index contributed by atoms with van der Waals surface area (Å²) in [4.78, 5) is 18.8. The predicted molar refractivity (Wildman–Crippen MR) is 215 cm³/mol. The van der Waals surface area contributed by atoms with Crippen LogP contribution >= 0.6 is 0 Å². The van der Waals surface area contributed by atoms with E-state index in [2.05, 4.69) is 27.0 Å². The number of nitrogens with zero attached hydrogens (tertiary/aromatic N) is 2. The monoisotopic (exact) mass is 672 g/mol. The molecule has 1 aliphatic heterocycles. The van der Waals surface area contributed by atoms with Crippen molar-refractivity contribution in [3.63, 3.8) is 0 Å². The first kappa shape index (κ1) is 45.1. The van der Waals surface area contributed by atoms with E-state index >= 15 is 0 Å². The molecule has 1 unspecified atom stereocenters. The Morgan fingerprint density at radius 1 is 0.438 bits per heavy atom. The van der Waals surface area contributed by atoms with Crippen molar-refractivity contribution in [3.05, 3.63) is 12.4 Å². The van der Waals surface area contributed by atoms with Crippen molar-refractivity contribution in [1.29, 1.82) is 0 Å². The molecule has 1 aliphatic rings. The Bertz CT molecular complexity index is 758. The first-order chi connectivity index (χ1) is 23.7. The van der Waals surface area contributed by atoms with Crippen LogP contribution < -0.4 is 0 Å². The highest BCUT2D eigenvalue weighted by Gasteiger charge is 2.41. The standard InChI is InChI=1S/C45H87N2O/c1-4-7-10-13-16-19-22-23-24-26-29-32-35-38-42-47(45(48)40-37-34-31-28-25-20-17-14-11-8-5-2)43-41-46-44(47)39-36-33-30-27-21-18-15-12-9-6-3/h41,43H,4-40,42H2,1-3H3/q+1. The van der Waals surface area contributed by atoms with Crippen molar-refractivity contribution in [2.24, 2.45) is 4.99 Å². The summed E-state index contributed by atoms with van der Waals surface area (Å²) in [7, 11) is 0. The molecule has 0 aromatic rings. The second-order valence-electron chi connectivity index (χ2n) is 15.6. The van der Waals surface area contributed by atoms with Gasteiger partial charge in [-0.3, -0.25) is 0 Å². The van der Waals surface area contributed by atoms with E-state index in [9.17, 15) is 4.79 Å². The number of aliphatic imine (C=N–C) groups is 1. The Morgan fingerprint density at radius 2 is 0.750 bits per heavy atom. The minimum absolute atomic E-state index is 0.417. The maximum Gasteiger partial charge on any atom is 0.324 e. The lowest BCUT2D eigenvalue weighted by molar-refractivity contribution is -0.708. The van der Waals surface area contributed by atoms with Gasteiger partial charge in [-0.15, -0.1) is 0 Å². The normalized spacial score (nSPS) is 15.9. The van der Waals surface area contributed by atoms with Gasteiger partial charge in [-0.1, -0.05) is 220 Å². The second kappa shape index (κ2) is 34.5. The molecule has 282 valence electrons. The molecule has 0 aromatic heterocycles. The highest BCUT2D eigenvalue weighted by molar-refractivity contribution is 5.90. The molecule has 0 aromatic carbocycles. The van der Waals surface area contributed by atoms with Gasteiger partial charge >= 0.3 is 5.91 Å². The molecule has 1 heterocycles.